The molecule has 0 saturated carbocycles. The molecule has 17 heavy (non-hydrogen) atoms. The van der Waals surface area contributed by atoms with Crippen LogP contribution in [0.4, 0.5) is 0 Å². The van der Waals surface area contributed by atoms with Gasteiger partial charge in [-0.25, -0.2) is 0 Å². The summed E-state index contributed by atoms with van der Waals surface area (Å²) in [5, 5.41) is 2.74. The van der Waals surface area contributed by atoms with Gasteiger partial charge in [-0.1, -0.05) is 0 Å². The normalized spacial score (nSPS) is 16.6. The van der Waals surface area contributed by atoms with Crippen molar-refractivity contribution >= 4 is 11.8 Å². The van der Waals surface area contributed by atoms with Crippen molar-refractivity contribution < 1.29 is 14.0 Å². The van der Waals surface area contributed by atoms with E-state index in [9.17, 15) is 9.59 Å². The molecule has 0 atom stereocenters. The Labute approximate surface area is 99.8 Å². The first-order chi connectivity index (χ1) is 8.08. The van der Waals surface area contributed by atoms with E-state index in [0.717, 1.165) is 6.42 Å². The zero-order valence-corrected chi connectivity index (χ0v) is 10.1. The van der Waals surface area contributed by atoms with E-state index in [1.807, 2.05) is 0 Å². The predicted octanol–water partition coefficient (Wildman–Crippen LogP) is 0.859. The molecule has 1 aromatic rings. The smallest absolute Gasteiger partial charge is 0.257 e. The highest BCUT2D eigenvalue weighted by Gasteiger charge is 2.23. The minimum absolute atomic E-state index is 0.103. The van der Waals surface area contributed by atoms with Gasteiger partial charge in [0.25, 0.3) is 5.91 Å². The van der Waals surface area contributed by atoms with Crippen molar-refractivity contribution in [1.82, 2.24) is 10.2 Å². The molecule has 1 aliphatic heterocycles. The molecular formula is C12H16N2O3. The van der Waals surface area contributed by atoms with Gasteiger partial charge in [0, 0.05) is 13.1 Å². The molecular weight excluding hydrogens is 220 g/mol. The number of hydrogen-bond donors (Lipinski definition) is 1. The summed E-state index contributed by atoms with van der Waals surface area (Å²) in [5.74, 6) is 1.09. The molecule has 2 rings (SSSR count). The first-order valence-corrected chi connectivity index (χ1v) is 5.71. The maximum Gasteiger partial charge on any atom is 0.257 e. The van der Waals surface area contributed by atoms with Crippen LogP contribution in [0.25, 0.3) is 0 Å². The van der Waals surface area contributed by atoms with Crippen LogP contribution in [0.5, 0.6) is 0 Å². The van der Waals surface area contributed by atoms with E-state index in [1.165, 1.54) is 0 Å². The summed E-state index contributed by atoms with van der Waals surface area (Å²) in [5.41, 5.74) is 0.553. The van der Waals surface area contributed by atoms with E-state index in [4.69, 9.17) is 4.42 Å². The molecule has 2 heterocycles. The number of carbonyl (C=O) groups is 2. The van der Waals surface area contributed by atoms with Crippen LogP contribution in [0, 0.1) is 13.8 Å². The third kappa shape index (κ3) is 2.49. The maximum atomic E-state index is 12.2. The summed E-state index contributed by atoms with van der Waals surface area (Å²) in [6.07, 6.45) is 0.785. The van der Waals surface area contributed by atoms with Gasteiger partial charge in [0.2, 0.25) is 5.91 Å². The Hall–Kier alpha value is -1.78. The molecule has 0 aromatic carbocycles. The molecule has 0 bridgehead atoms. The van der Waals surface area contributed by atoms with Crippen molar-refractivity contribution in [3.63, 3.8) is 0 Å². The number of hydrogen-bond acceptors (Lipinski definition) is 3. The van der Waals surface area contributed by atoms with E-state index in [0.29, 0.717) is 30.2 Å². The summed E-state index contributed by atoms with van der Waals surface area (Å²) >= 11 is 0. The molecule has 5 heteroatoms. The van der Waals surface area contributed by atoms with Crippen molar-refractivity contribution in [3.8, 4) is 0 Å². The van der Waals surface area contributed by atoms with Crippen LogP contribution in [0.3, 0.4) is 0 Å². The molecule has 1 saturated heterocycles. The lowest BCUT2D eigenvalue weighted by molar-refractivity contribution is -0.121. The van der Waals surface area contributed by atoms with E-state index in [-0.39, 0.29) is 18.4 Å². The Balaban J connectivity index is 2.18. The predicted molar refractivity (Wildman–Crippen MR) is 61.7 cm³/mol. The Bertz CT molecular complexity index is 451. The lowest BCUT2D eigenvalue weighted by atomic mass is 10.2. The average Bonchev–Trinajstić information content (AvgIpc) is 2.49. The Morgan fingerprint density at radius 2 is 2.24 bits per heavy atom. The third-order valence-electron chi connectivity index (χ3n) is 2.82. The SMILES string of the molecule is Cc1cc(C(=O)N2CCCNC(=O)C2)c(C)o1. The average molecular weight is 236 g/mol. The van der Waals surface area contributed by atoms with Crippen LogP contribution in [0.1, 0.15) is 28.3 Å². The molecule has 92 valence electrons. The quantitative estimate of drug-likeness (QED) is 0.786. The lowest BCUT2D eigenvalue weighted by Gasteiger charge is -2.18. The Kier molecular flexibility index (Phi) is 3.17. The zero-order chi connectivity index (χ0) is 12.4. The van der Waals surface area contributed by atoms with Gasteiger partial charge in [0.1, 0.15) is 11.5 Å². The first kappa shape index (κ1) is 11.7. The summed E-state index contributed by atoms with van der Waals surface area (Å²) in [7, 11) is 0. The molecule has 5 nitrogen and oxygen atoms in total. The number of aryl methyl sites for hydroxylation is 2. The largest absolute Gasteiger partial charge is 0.466 e. The van der Waals surface area contributed by atoms with Crippen LogP contribution >= 0.6 is 0 Å². The van der Waals surface area contributed by atoms with Gasteiger partial charge >= 0.3 is 0 Å². The van der Waals surface area contributed by atoms with Crippen molar-refractivity contribution in [3.05, 3.63) is 23.2 Å². The summed E-state index contributed by atoms with van der Waals surface area (Å²) in [6.45, 7) is 4.92. The second-order valence-electron chi connectivity index (χ2n) is 4.26. The van der Waals surface area contributed by atoms with E-state index in [2.05, 4.69) is 5.32 Å². The Morgan fingerprint density at radius 1 is 1.47 bits per heavy atom. The molecule has 1 N–H and O–H groups in total. The number of nitrogens with one attached hydrogen (secondary N) is 1. The van der Waals surface area contributed by atoms with Crippen molar-refractivity contribution in [2.75, 3.05) is 19.6 Å². The van der Waals surface area contributed by atoms with Gasteiger partial charge in [-0.15, -0.1) is 0 Å². The molecule has 2 amide bonds. The zero-order valence-electron chi connectivity index (χ0n) is 10.1. The van der Waals surface area contributed by atoms with Crippen LogP contribution in [-0.2, 0) is 4.79 Å². The van der Waals surface area contributed by atoms with Crippen LogP contribution in [-0.4, -0.2) is 36.3 Å². The number of rotatable bonds is 1. The highest BCUT2D eigenvalue weighted by atomic mass is 16.3. The highest BCUT2D eigenvalue weighted by molar-refractivity contribution is 5.97. The fourth-order valence-electron chi connectivity index (χ4n) is 1.99. The molecule has 0 aliphatic carbocycles. The monoisotopic (exact) mass is 236 g/mol. The molecule has 0 radical (unpaired) electrons. The number of nitrogens with zero attached hydrogens (tertiary/aromatic N) is 1. The molecule has 0 spiro atoms. The topological polar surface area (TPSA) is 62.6 Å². The maximum absolute atomic E-state index is 12.2. The van der Waals surface area contributed by atoms with Gasteiger partial charge in [0.05, 0.1) is 12.1 Å². The number of amides is 2. The summed E-state index contributed by atoms with van der Waals surface area (Å²) in [4.78, 5) is 25.2. The standard InChI is InChI=1S/C12H16N2O3/c1-8-6-10(9(2)17-8)12(16)14-5-3-4-13-11(15)7-14/h6H,3-5,7H2,1-2H3,(H,13,15). The van der Waals surface area contributed by atoms with E-state index in [1.54, 1.807) is 24.8 Å². The van der Waals surface area contributed by atoms with Crippen molar-refractivity contribution in [1.29, 1.82) is 0 Å². The highest BCUT2D eigenvalue weighted by Crippen LogP contribution is 2.16. The molecule has 1 aliphatic rings. The number of furan rings is 1. The minimum Gasteiger partial charge on any atom is -0.466 e. The lowest BCUT2D eigenvalue weighted by Crippen LogP contribution is -2.37. The first-order valence-electron chi connectivity index (χ1n) is 5.71. The second kappa shape index (κ2) is 4.61. The molecule has 1 fully saturated rings. The molecule has 1 aromatic heterocycles. The second-order valence-corrected chi connectivity index (χ2v) is 4.26. The Morgan fingerprint density at radius 3 is 2.88 bits per heavy atom. The van der Waals surface area contributed by atoms with Crippen LogP contribution in [0.2, 0.25) is 0 Å². The summed E-state index contributed by atoms with van der Waals surface area (Å²) in [6, 6.07) is 1.72. The minimum atomic E-state index is -0.128. The van der Waals surface area contributed by atoms with Crippen LogP contribution < -0.4 is 5.32 Å². The van der Waals surface area contributed by atoms with Crippen molar-refractivity contribution in [2.24, 2.45) is 0 Å². The summed E-state index contributed by atoms with van der Waals surface area (Å²) < 4.78 is 5.34. The van der Waals surface area contributed by atoms with Gasteiger partial charge in [-0.3, -0.25) is 9.59 Å². The van der Waals surface area contributed by atoms with Crippen LogP contribution in [0.15, 0.2) is 10.5 Å². The number of carbonyl (C=O) groups excluding carboxylic acids is 2. The fourth-order valence-corrected chi connectivity index (χ4v) is 1.99. The van der Waals surface area contributed by atoms with E-state index < -0.39 is 0 Å². The molecule has 0 unspecified atom stereocenters. The van der Waals surface area contributed by atoms with Gasteiger partial charge in [-0.2, -0.15) is 0 Å². The van der Waals surface area contributed by atoms with Crippen molar-refractivity contribution in [2.45, 2.75) is 20.3 Å². The van der Waals surface area contributed by atoms with Gasteiger partial charge < -0.3 is 14.6 Å². The van der Waals surface area contributed by atoms with Gasteiger partial charge in [0.15, 0.2) is 0 Å². The van der Waals surface area contributed by atoms with Gasteiger partial charge in [-0.05, 0) is 26.3 Å². The third-order valence-corrected chi connectivity index (χ3v) is 2.82. The fraction of sp³-hybridized carbons (Fsp3) is 0.500. The van der Waals surface area contributed by atoms with E-state index >= 15 is 0 Å².